The van der Waals surface area contributed by atoms with Crippen molar-refractivity contribution in [3.05, 3.63) is 28.7 Å². The fourth-order valence-electron chi connectivity index (χ4n) is 0.575. The second kappa shape index (κ2) is 3.78. The Hall–Kier alpha value is -1.29. The second-order valence-electron chi connectivity index (χ2n) is 1.81. The SMILES string of the molecule is N=CC=CC(=N)c1cncs1. The summed E-state index contributed by atoms with van der Waals surface area (Å²) in [6, 6.07) is 0. The summed E-state index contributed by atoms with van der Waals surface area (Å²) >= 11 is 1.42. The van der Waals surface area contributed by atoms with Crippen LogP contribution in [0.25, 0.3) is 0 Å². The van der Waals surface area contributed by atoms with Crippen LogP contribution in [0.5, 0.6) is 0 Å². The topological polar surface area (TPSA) is 60.6 Å². The van der Waals surface area contributed by atoms with Crippen LogP contribution in [-0.4, -0.2) is 16.9 Å². The Kier molecular flexibility index (Phi) is 2.68. The molecule has 0 spiro atoms. The Morgan fingerprint density at radius 2 is 2.45 bits per heavy atom. The molecule has 0 unspecified atom stereocenters. The summed E-state index contributed by atoms with van der Waals surface area (Å²) in [5.41, 5.74) is 2.08. The molecule has 3 nitrogen and oxygen atoms in total. The molecular formula is C7H7N3S. The minimum absolute atomic E-state index is 0.399. The van der Waals surface area contributed by atoms with E-state index in [1.165, 1.54) is 17.4 Å². The number of nitrogens with zero attached hydrogens (tertiary/aromatic N) is 1. The average Bonchev–Trinajstić information content (AvgIpc) is 2.52. The lowest BCUT2D eigenvalue weighted by Crippen LogP contribution is -1.88. The lowest BCUT2D eigenvalue weighted by atomic mass is 10.3. The molecule has 56 valence electrons. The number of rotatable bonds is 3. The van der Waals surface area contributed by atoms with Gasteiger partial charge in [0.2, 0.25) is 0 Å². The first-order chi connectivity index (χ1) is 5.34. The van der Waals surface area contributed by atoms with Gasteiger partial charge >= 0.3 is 0 Å². The summed E-state index contributed by atoms with van der Waals surface area (Å²) in [5.74, 6) is 0. The van der Waals surface area contributed by atoms with E-state index in [-0.39, 0.29) is 0 Å². The van der Waals surface area contributed by atoms with Crippen LogP contribution in [0.2, 0.25) is 0 Å². The summed E-state index contributed by atoms with van der Waals surface area (Å²) in [4.78, 5) is 4.66. The van der Waals surface area contributed by atoms with Gasteiger partial charge in [-0.1, -0.05) is 0 Å². The molecule has 0 saturated heterocycles. The monoisotopic (exact) mass is 165 g/mol. The fourth-order valence-corrected chi connectivity index (χ4v) is 1.13. The van der Waals surface area contributed by atoms with E-state index < -0.39 is 0 Å². The first kappa shape index (κ1) is 7.81. The third kappa shape index (κ3) is 2.09. The van der Waals surface area contributed by atoms with Crippen LogP contribution in [0.3, 0.4) is 0 Å². The molecule has 0 aromatic carbocycles. The zero-order chi connectivity index (χ0) is 8.10. The Labute approximate surface area is 68.4 Å². The van der Waals surface area contributed by atoms with Crippen molar-refractivity contribution in [3.63, 3.8) is 0 Å². The van der Waals surface area contributed by atoms with Crippen LogP contribution in [0.15, 0.2) is 23.9 Å². The van der Waals surface area contributed by atoms with Gasteiger partial charge in [0.1, 0.15) is 0 Å². The highest BCUT2D eigenvalue weighted by Gasteiger charge is 1.96. The Morgan fingerprint density at radius 3 is 3.00 bits per heavy atom. The fraction of sp³-hybridized carbons (Fsp3) is 0. The van der Waals surface area contributed by atoms with Gasteiger partial charge in [-0.2, -0.15) is 0 Å². The van der Waals surface area contributed by atoms with E-state index in [0.717, 1.165) is 11.1 Å². The maximum atomic E-state index is 7.43. The van der Waals surface area contributed by atoms with Crippen LogP contribution in [0.4, 0.5) is 0 Å². The largest absolute Gasteiger partial charge is 0.309 e. The summed E-state index contributed by atoms with van der Waals surface area (Å²) < 4.78 is 0. The highest BCUT2D eigenvalue weighted by atomic mass is 32.1. The van der Waals surface area contributed by atoms with E-state index in [0.29, 0.717) is 5.71 Å². The number of hydrogen-bond acceptors (Lipinski definition) is 4. The first-order valence-corrected chi connectivity index (χ1v) is 3.87. The van der Waals surface area contributed by atoms with Gasteiger partial charge in [-0.05, 0) is 12.2 Å². The third-order valence-electron chi connectivity index (χ3n) is 1.06. The van der Waals surface area contributed by atoms with Crippen molar-refractivity contribution in [2.75, 3.05) is 0 Å². The predicted octanol–water partition coefficient (Wildman–Crippen LogP) is 1.72. The van der Waals surface area contributed by atoms with Crippen LogP contribution < -0.4 is 0 Å². The molecule has 0 atom stereocenters. The van der Waals surface area contributed by atoms with Crippen LogP contribution >= 0.6 is 11.3 Å². The van der Waals surface area contributed by atoms with Gasteiger partial charge in [-0.15, -0.1) is 11.3 Å². The molecule has 0 aliphatic carbocycles. The number of aromatic nitrogens is 1. The first-order valence-electron chi connectivity index (χ1n) is 2.99. The zero-order valence-electron chi connectivity index (χ0n) is 5.74. The molecule has 1 aromatic rings. The van der Waals surface area contributed by atoms with Crippen molar-refractivity contribution < 1.29 is 0 Å². The molecular weight excluding hydrogens is 158 g/mol. The molecule has 0 radical (unpaired) electrons. The lowest BCUT2D eigenvalue weighted by molar-refractivity contribution is 1.41. The van der Waals surface area contributed by atoms with Gasteiger partial charge in [0.15, 0.2) is 0 Å². The van der Waals surface area contributed by atoms with Crippen molar-refractivity contribution >= 4 is 23.3 Å². The number of hydrogen-bond donors (Lipinski definition) is 2. The van der Waals surface area contributed by atoms with E-state index in [2.05, 4.69) is 4.98 Å². The minimum Gasteiger partial charge on any atom is -0.309 e. The van der Waals surface area contributed by atoms with Gasteiger partial charge in [0.25, 0.3) is 0 Å². The molecule has 1 rings (SSSR count). The van der Waals surface area contributed by atoms with Crippen LogP contribution in [0.1, 0.15) is 4.88 Å². The van der Waals surface area contributed by atoms with Gasteiger partial charge in [-0.3, -0.25) is 10.4 Å². The maximum Gasteiger partial charge on any atom is 0.0798 e. The molecule has 0 aliphatic heterocycles. The molecule has 11 heavy (non-hydrogen) atoms. The molecule has 2 N–H and O–H groups in total. The predicted molar refractivity (Wildman–Crippen MR) is 46.9 cm³/mol. The minimum atomic E-state index is 0.399. The molecule has 0 amide bonds. The van der Waals surface area contributed by atoms with E-state index in [9.17, 15) is 0 Å². The summed E-state index contributed by atoms with van der Waals surface area (Å²) in [6.07, 6.45) is 5.87. The molecule has 1 aromatic heterocycles. The van der Waals surface area contributed by atoms with Crippen molar-refractivity contribution in [2.24, 2.45) is 0 Å². The molecule has 0 aliphatic rings. The molecule has 0 fully saturated rings. The Balaban J connectivity index is 2.71. The van der Waals surface area contributed by atoms with Gasteiger partial charge < -0.3 is 5.41 Å². The van der Waals surface area contributed by atoms with Gasteiger partial charge in [-0.25, -0.2) is 0 Å². The number of thiazole rings is 1. The number of nitrogens with one attached hydrogen (secondary N) is 2. The third-order valence-corrected chi connectivity index (χ3v) is 1.86. The van der Waals surface area contributed by atoms with E-state index in [1.807, 2.05) is 0 Å². The lowest BCUT2D eigenvalue weighted by Gasteiger charge is -1.87. The van der Waals surface area contributed by atoms with E-state index in [4.69, 9.17) is 10.8 Å². The van der Waals surface area contributed by atoms with Crippen LogP contribution in [-0.2, 0) is 0 Å². The average molecular weight is 165 g/mol. The van der Waals surface area contributed by atoms with Crippen molar-refractivity contribution in [1.29, 1.82) is 10.8 Å². The van der Waals surface area contributed by atoms with Gasteiger partial charge in [0.05, 0.1) is 16.1 Å². The standard InChI is InChI=1S/C7H7N3S/c8-3-1-2-6(9)7-4-10-5-11-7/h1-5,8-9H. The van der Waals surface area contributed by atoms with Crippen molar-refractivity contribution in [2.45, 2.75) is 0 Å². The quantitative estimate of drug-likeness (QED) is 0.658. The van der Waals surface area contributed by atoms with Crippen LogP contribution in [0, 0.1) is 10.8 Å². The number of allylic oxidation sites excluding steroid dienone is 2. The molecule has 0 bridgehead atoms. The summed E-state index contributed by atoms with van der Waals surface area (Å²) in [5, 5.41) is 14.1. The van der Waals surface area contributed by atoms with E-state index in [1.54, 1.807) is 17.8 Å². The Morgan fingerprint density at radius 1 is 1.64 bits per heavy atom. The van der Waals surface area contributed by atoms with Gasteiger partial charge in [0, 0.05) is 12.4 Å². The second-order valence-corrected chi connectivity index (χ2v) is 2.69. The van der Waals surface area contributed by atoms with Crippen molar-refractivity contribution in [3.8, 4) is 0 Å². The smallest absolute Gasteiger partial charge is 0.0798 e. The highest BCUT2D eigenvalue weighted by molar-refractivity contribution is 7.11. The van der Waals surface area contributed by atoms with E-state index >= 15 is 0 Å². The summed E-state index contributed by atoms with van der Waals surface area (Å²) in [6.45, 7) is 0. The maximum absolute atomic E-state index is 7.43. The molecule has 4 heteroatoms. The molecule has 0 saturated carbocycles. The van der Waals surface area contributed by atoms with Crippen molar-refractivity contribution in [1.82, 2.24) is 4.98 Å². The highest BCUT2D eigenvalue weighted by Crippen LogP contribution is 2.06. The summed E-state index contributed by atoms with van der Waals surface area (Å²) in [7, 11) is 0. The molecule has 1 heterocycles. The Bertz CT molecular complexity index is 274. The normalized spacial score (nSPS) is 10.2. The zero-order valence-corrected chi connectivity index (χ0v) is 6.56.